The molecule has 1 aliphatic rings. The number of halogens is 1. The van der Waals surface area contributed by atoms with Crippen LogP contribution in [0.2, 0.25) is 0 Å². The first-order valence-corrected chi connectivity index (χ1v) is 12.8. The number of nitrogens with two attached hydrogens (primary N) is 1. The smallest absolute Gasteiger partial charge is 0.200 e. The van der Waals surface area contributed by atoms with Crippen molar-refractivity contribution in [2.45, 2.75) is 32.5 Å². The average Bonchev–Trinajstić information content (AvgIpc) is 3.34. The number of nitrogens with zero attached hydrogens (tertiary/aromatic N) is 4. The van der Waals surface area contributed by atoms with Gasteiger partial charge in [0.05, 0.1) is 22.9 Å². The topological polar surface area (TPSA) is 109 Å². The molecule has 1 unspecified atom stereocenters. The monoisotopic (exact) mass is 523 g/mol. The van der Waals surface area contributed by atoms with Gasteiger partial charge in [0.1, 0.15) is 47.1 Å². The number of fused-ring (bicyclic) bond motifs is 2. The minimum atomic E-state index is -1.19. The Kier molecular flexibility index (Phi) is 6.18. The van der Waals surface area contributed by atoms with Gasteiger partial charge >= 0.3 is 0 Å². The lowest BCUT2D eigenvalue weighted by Gasteiger charge is -2.20. The van der Waals surface area contributed by atoms with Crippen LogP contribution in [0.4, 0.5) is 10.2 Å². The normalized spacial score (nSPS) is 16.0. The minimum Gasteiger partial charge on any atom is -0.494 e. The lowest BCUT2D eigenvalue weighted by molar-refractivity contribution is 0.340. The predicted octanol–water partition coefficient (Wildman–Crippen LogP) is 5.87. The number of hydrogen-bond donors (Lipinski definition) is 1. The van der Waals surface area contributed by atoms with Crippen LogP contribution in [0.1, 0.15) is 37.6 Å². The zero-order chi connectivity index (χ0) is 27.1. The van der Waals surface area contributed by atoms with Crippen molar-refractivity contribution < 1.29 is 13.5 Å². The third-order valence-corrected chi connectivity index (χ3v) is 6.88. The fraction of sp³-hybridized carbons (Fsp3) is 0.200. The third-order valence-electron chi connectivity index (χ3n) is 6.88. The van der Waals surface area contributed by atoms with Gasteiger partial charge in [-0.3, -0.25) is 4.79 Å². The molecule has 0 bridgehead atoms. The number of nitrogen functional groups attached to an aromatic ring is 1. The van der Waals surface area contributed by atoms with Gasteiger partial charge in [-0.05, 0) is 55.8 Å². The van der Waals surface area contributed by atoms with Gasteiger partial charge in [-0.15, -0.1) is 0 Å². The minimum absolute atomic E-state index is 0.0751. The summed E-state index contributed by atoms with van der Waals surface area (Å²) < 4.78 is 28.1. The lowest BCUT2D eigenvalue weighted by Crippen LogP contribution is -2.19. The Morgan fingerprint density at radius 2 is 1.97 bits per heavy atom. The molecule has 0 amide bonds. The molecule has 9 heteroatoms. The maximum absolute atomic E-state index is 14.4. The molecular weight excluding hydrogens is 497 g/mol. The second-order valence-corrected chi connectivity index (χ2v) is 9.35. The van der Waals surface area contributed by atoms with Crippen LogP contribution in [-0.4, -0.2) is 32.5 Å². The summed E-state index contributed by atoms with van der Waals surface area (Å²) in [7, 11) is 0. The molecule has 5 aromatic rings. The summed E-state index contributed by atoms with van der Waals surface area (Å²) in [5.41, 5.74) is 9.33. The van der Waals surface area contributed by atoms with Gasteiger partial charge in [0.2, 0.25) is 5.43 Å². The average molecular weight is 524 g/mol. The number of hydrogen-bond acceptors (Lipinski definition) is 7. The number of ether oxygens (including phenoxy) is 1. The summed E-state index contributed by atoms with van der Waals surface area (Å²) in [5.74, 6) is 1.39. The number of anilines is 1. The number of aromatic nitrogens is 4. The van der Waals surface area contributed by atoms with Crippen LogP contribution in [0, 0.1) is 0 Å². The molecule has 2 N–H and O–H groups in total. The Bertz CT molecular complexity index is 1820. The van der Waals surface area contributed by atoms with Crippen molar-refractivity contribution in [3.8, 4) is 17.0 Å². The molecule has 3 heterocycles. The van der Waals surface area contributed by atoms with Crippen LogP contribution in [0.15, 0.2) is 82.3 Å². The summed E-state index contributed by atoms with van der Waals surface area (Å²) in [4.78, 5) is 22.5. The van der Waals surface area contributed by atoms with E-state index in [1.807, 2.05) is 38.1 Å². The number of benzene rings is 2. The summed E-state index contributed by atoms with van der Waals surface area (Å²) in [6.07, 6.45) is 5.13. The van der Waals surface area contributed by atoms with Crippen molar-refractivity contribution in [2.24, 2.45) is 0 Å². The molecule has 0 spiro atoms. The van der Waals surface area contributed by atoms with Gasteiger partial charge in [-0.2, -0.15) is 5.10 Å². The third kappa shape index (κ3) is 4.25. The second kappa shape index (κ2) is 9.83. The lowest BCUT2D eigenvalue weighted by atomic mass is 9.92. The van der Waals surface area contributed by atoms with Gasteiger partial charge in [-0.1, -0.05) is 30.4 Å². The van der Waals surface area contributed by atoms with Crippen LogP contribution < -0.4 is 15.9 Å². The highest BCUT2D eigenvalue weighted by Gasteiger charge is 2.28. The summed E-state index contributed by atoms with van der Waals surface area (Å²) in [6, 6.07) is 14.0. The molecule has 6 rings (SSSR count). The van der Waals surface area contributed by atoms with E-state index < -0.39 is 12.2 Å². The maximum atomic E-state index is 14.4. The van der Waals surface area contributed by atoms with Crippen molar-refractivity contribution in [3.05, 3.63) is 94.6 Å². The van der Waals surface area contributed by atoms with E-state index >= 15 is 0 Å². The standard InChI is InChI=1S/C30H26FN5O3/c1-3-38-21-13-11-18(12-14-21)26-25-29(32)33-16-34-30(25)36(35-26)17(2)28-24(19-7-6-8-20(31)15-19)27(37)22-9-4-5-10-23(22)39-28/h4-14,16-17,20H,3,15H2,1-2H3,(H2,32,33,34)/t17?,20-/m0/s1. The number of alkyl halides is 1. The van der Waals surface area contributed by atoms with E-state index in [0.29, 0.717) is 51.2 Å². The molecular formula is C30H26FN5O3. The fourth-order valence-electron chi connectivity index (χ4n) is 5.04. The number of para-hydroxylation sites is 1. The van der Waals surface area contributed by atoms with Crippen LogP contribution in [-0.2, 0) is 0 Å². The van der Waals surface area contributed by atoms with Gasteiger partial charge < -0.3 is 14.9 Å². The molecule has 8 nitrogen and oxygen atoms in total. The molecule has 1 aliphatic carbocycles. The number of rotatable bonds is 6. The van der Waals surface area contributed by atoms with Crippen LogP contribution in [0.5, 0.6) is 5.75 Å². The molecule has 0 aliphatic heterocycles. The first-order valence-electron chi connectivity index (χ1n) is 12.8. The molecule has 0 saturated carbocycles. The maximum Gasteiger partial charge on any atom is 0.200 e. The Morgan fingerprint density at radius 3 is 2.74 bits per heavy atom. The van der Waals surface area contributed by atoms with E-state index in [4.69, 9.17) is 20.0 Å². The number of allylic oxidation sites excluding steroid dienone is 4. The van der Waals surface area contributed by atoms with E-state index in [-0.39, 0.29) is 17.7 Å². The van der Waals surface area contributed by atoms with Crippen molar-refractivity contribution >= 4 is 33.4 Å². The predicted molar refractivity (Wildman–Crippen MR) is 149 cm³/mol. The van der Waals surface area contributed by atoms with Gasteiger partial charge in [-0.25, -0.2) is 19.0 Å². The van der Waals surface area contributed by atoms with Gasteiger partial charge in [0.25, 0.3) is 0 Å². The SMILES string of the molecule is CCOc1ccc(-c2nn(C(C)c3oc4ccccc4c(=O)c3C3=CC=C[C@H](F)C3)c3ncnc(N)c23)cc1. The highest BCUT2D eigenvalue weighted by molar-refractivity contribution is 5.98. The van der Waals surface area contributed by atoms with Crippen LogP contribution in [0.3, 0.4) is 0 Å². The quantitative estimate of drug-likeness (QED) is 0.296. The van der Waals surface area contributed by atoms with Crippen molar-refractivity contribution in [2.75, 3.05) is 12.3 Å². The second-order valence-electron chi connectivity index (χ2n) is 9.35. The zero-order valence-electron chi connectivity index (χ0n) is 21.5. The van der Waals surface area contributed by atoms with E-state index in [9.17, 15) is 9.18 Å². The first-order chi connectivity index (χ1) is 19.0. The van der Waals surface area contributed by atoms with Crippen molar-refractivity contribution in [1.29, 1.82) is 0 Å². The van der Waals surface area contributed by atoms with E-state index in [1.165, 1.54) is 12.4 Å². The van der Waals surface area contributed by atoms with E-state index in [0.717, 1.165) is 11.3 Å². The first kappa shape index (κ1) is 24.5. The molecule has 0 saturated heterocycles. The van der Waals surface area contributed by atoms with E-state index in [1.54, 1.807) is 41.1 Å². The van der Waals surface area contributed by atoms with Gasteiger partial charge in [0.15, 0.2) is 5.65 Å². The summed E-state index contributed by atoms with van der Waals surface area (Å²) >= 11 is 0. The fourth-order valence-corrected chi connectivity index (χ4v) is 5.04. The van der Waals surface area contributed by atoms with Crippen LogP contribution >= 0.6 is 0 Å². The molecule has 3 aromatic heterocycles. The van der Waals surface area contributed by atoms with Crippen LogP contribution in [0.25, 0.3) is 38.8 Å². The Balaban J connectivity index is 1.57. The Morgan fingerprint density at radius 1 is 1.18 bits per heavy atom. The molecule has 39 heavy (non-hydrogen) atoms. The Hall–Kier alpha value is -4.79. The highest BCUT2D eigenvalue weighted by atomic mass is 19.1. The Labute approximate surface area is 223 Å². The molecule has 196 valence electrons. The van der Waals surface area contributed by atoms with E-state index in [2.05, 4.69) is 9.97 Å². The molecule has 2 atom stereocenters. The molecule has 2 aromatic carbocycles. The highest BCUT2D eigenvalue weighted by Crippen LogP contribution is 2.37. The molecule has 0 radical (unpaired) electrons. The zero-order valence-corrected chi connectivity index (χ0v) is 21.5. The molecule has 0 fully saturated rings. The van der Waals surface area contributed by atoms with Crippen molar-refractivity contribution in [1.82, 2.24) is 19.7 Å². The summed E-state index contributed by atoms with van der Waals surface area (Å²) in [6.45, 7) is 4.36. The largest absolute Gasteiger partial charge is 0.494 e. The summed E-state index contributed by atoms with van der Waals surface area (Å²) in [5, 5.41) is 5.92. The van der Waals surface area contributed by atoms with Gasteiger partial charge in [0, 0.05) is 12.0 Å². The van der Waals surface area contributed by atoms with Crippen molar-refractivity contribution in [3.63, 3.8) is 0 Å².